The van der Waals surface area contributed by atoms with Gasteiger partial charge >= 0.3 is 0 Å². The summed E-state index contributed by atoms with van der Waals surface area (Å²) >= 11 is 4.84. The van der Waals surface area contributed by atoms with Crippen LogP contribution in [0.25, 0.3) is 0 Å². The number of aromatic nitrogens is 1. The first-order valence-corrected chi connectivity index (χ1v) is 6.80. The highest BCUT2D eigenvalue weighted by Gasteiger charge is 2.22. The average Bonchev–Trinajstić information content (AvgIpc) is 2.92. The summed E-state index contributed by atoms with van der Waals surface area (Å²) < 4.78 is 0. The number of nitrogens with zero attached hydrogens (tertiary/aromatic N) is 2. The van der Waals surface area contributed by atoms with Crippen LogP contribution in [0, 0.1) is 0 Å². The predicted molar refractivity (Wildman–Crippen MR) is 79.0 cm³/mol. The second kappa shape index (κ2) is 5.97. The lowest BCUT2D eigenvalue weighted by molar-refractivity contribution is -0.130. The Labute approximate surface area is 118 Å². The van der Waals surface area contributed by atoms with Gasteiger partial charge in [-0.05, 0) is 31.9 Å². The van der Waals surface area contributed by atoms with Crippen molar-refractivity contribution in [3.63, 3.8) is 0 Å². The van der Waals surface area contributed by atoms with E-state index in [1.165, 1.54) is 0 Å². The Bertz CT molecular complexity index is 468. The van der Waals surface area contributed by atoms with Gasteiger partial charge in [-0.25, -0.2) is 0 Å². The molecule has 1 aliphatic rings. The predicted octanol–water partition coefficient (Wildman–Crippen LogP) is 1.14. The topological polar surface area (TPSA) is 71.2 Å². The summed E-state index contributed by atoms with van der Waals surface area (Å²) in [6.45, 7) is 3.59. The van der Waals surface area contributed by atoms with Crippen LogP contribution < -0.4 is 11.1 Å². The van der Waals surface area contributed by atoms with Crippen molar-refractivity contribution in [3.05, 3.63) is 24.0 Å². The van der Waals surface area contributed by atoms with Gasteiger partial charge in [0.05, 0.1) is 17.6 Å². The molecule has 19 heavy (non-hydrogen) atoms. The highest BCUT2D eigenvalue weighted by molar-refractivity contribution is 7.80. The fourth-order valence-corrected chi connectivity index (χ4v) is 2.27. The van der Waals surface area contributed by atoms with Crippen LogP contribution >= 0.6 is 12.2 Å². The lowest BCUT2D eigenvalue weighted by atomic mass is 10.2. The Hall–Kier alpha value is -1.69. The number of carbonyl (C=O) groups is 1. The van der Waals surface area contributed by atoms with E-state index in [0.29, 0.717) is 5.69 Å². The molecule has 1 unspecified atom stereocenters. The van der Waals surface area contributed by atoms with E-state index >= 15 is 0 Å². The van der Waals surface area contributed by atoms with Crippen molar-refractivity contribution >= 4 is 28.8 Å². The zero-order chi connectivity index (χ0) is 13.8. The summed E-state index contributed by atoms with van der Waals surface area (Å²) in [4.78, 5) is 18.4. The smallest absolute Gasteiger partial charge is 0.244 e. The third kappa shape index (κ3) is 3.41. The Morgan fingerprint density at radius 3 is 2.68 bits per heavy atom. The van der Waals surface area contributed by atoms with Crippen molar-refractivity contribution in [2.24, 2.45) is 5.73 Å². The van der Waals surface area contributed by atoms with Gasteiger partial charge in [0.1, 0.15) is 11.0 Å². The summed E-state index contributed by atoms with van der Waals surface area (Å²) in [6, 6.07) is 3.32. The maximum Gasteiger partial charge on any atom is 0.244 e. The first kappa shape index (κ1) is 13.7. The minimum Gasteiger partial charge on any atom is -0.388 e. The van der Waals surface area contributed by atoms with Gasteiger partial charge in [0, 0.05) is 13.1 Å². The number of thiocarbonyl (C=S) groups is 1. The minimum absolute atomic E-state index is 0.135. The van der Waals surface area contributed by atoms with Gasteiger partial charge in [-0.15, -0.1) is 0 Å². The fourth-order valence-electron chi connectivity index (χ4n) is 2.15. The van der Waals surface area contributed by atoms with Crippen LogP contribution in [0.4, 0.5) is 5.69 Å². The maximum atomic E-state index is 12.1. The highest BCUT2D eigenvalue weighted by atomic mass is 32.1. The number of likely N-dealkylation sites (tertiary alicyclic amines) is 1. The number of amides is 1. The SMILES string of the molecule is CC(Nc1ccc(C(N)=S)nc1)C(=O)N1CCCC1. The summed E-state index contributed by atoms with van der Waals surface area (Å²) in [5, 5.41) is 3.15. The number of rotatable bonds is 4. The lowest BCUT2D eigenvalue weighted by Gasteiger charge is -2.21. The molecule has 2 rings (SSSR count). The molecular formula is C13H18N4OS. The van der Waals surface area contributed by atoms with Crippen molar-refractivity contribution in [1.82, 2.24) is 9.88 Å². The highest BCUT2D eigenvalue weighted by Crippen LogP contribution is 2.12. The number of pyridine rings is 1. The zero-order valence-corrected chi connectivity index (χ0v) is 11.7. The van der Waals surface area contributed by atoms with Crippen molar-refractivity contribution in [1.29, 1.82) is 0 Å². The molecule has 0 aromatic carbocycles. The van der Waals surface area contributed by atoms with Crippen molar-refractivity contribution < 1.29 is 4.79 Å². The number of carbonyl (C=O) groups excluding carboxylic acids is 1. The molecule has 1 aliphatic heterocycles. The average molecular weight is 278 g/mol. The fraction of sp³-hybridized carbons (Fsp3) is 0.462. The molecule has 6 heteroatoms. The number of hydrogen-bond donors (Lipinski definition) is 2. The van der Waals surface area contributed by atoms with E-state index in [4.69, 9.17) is 18.0 Å². The Morgan fingerprint density at radius 2 is 2.16 bits per heavy atom. The first-order chi connectivity index (χ1) is 9.08. The quantitative estimate of drug-likeness (QED) is 0.808. The number of anilines is 1. The van der Waals surface area contributed by atoms with Crippen molar-refractivity contribution in [2.75, 3.05) is 18.4 Å². The number of nitrogens with two attached hydrogens (primary N) is 1. The van der Waals surface area contributed by atoms with E-state index in [0.717, 1.165) is 31.6 Å². The van der Waals surface area contributed by atoms with Gasteiger partial charge in [0.15, 0.2) is 0 Å². The van der Waals surface area contributed by atoms with E-state index < -0.39 is 0 Å². The maximum absolute atomic E-state index is 12.1. The third-order valence-electron chi connectivity index (χ3n) is 3.19. The molecule has 2 heterocycles. The largest absolute Gasteiger partial charge is 0.388 e. The van der Waals surface area contributed by atoms with Gasteiger partial charge in [0.25, 0.3) is 0 Å². The number of nitrogens with one attached hydrogen (secondary N) is 1. The molecule has 3 N–H and O–H groups in total. The molecule has 1 amide bonds. The molecule has 0 saturated carbocycles. The minimum atomic E-state index is -0.254. The molecule has 1 atom stereocenters. The van der Waals surface area contributed by atoms with Crippen LogP contribution in [0.5, 0.6) is 0 Å². The van der Waals surface area contributed by atoms with Crippen LogP contribution in [0.3, 0.4) is 0 Å². The van der Waals surface area contributed by atoms with Gasteiger partial charge in [0.2, 0.25) is 5.91 Å². The summed E-state index contributed by atoms with van der Waals surface area (Å²) in [5.41, 5.74) is 6.86. The molecule has 1 saturated heterocycles. The molecule has 0 spiro atoms. The third-order valence-corrected chi connectivity index (χ3v) is 3.40. The Balaban J connectivity index is 1.96. The molecule has 0 radical (unpaired) electrons. The molecule has 102 valence electrons. The second-order valence-corrected chi connectivity index (χ2v) is 5.13. The van der Waals surface area contributed by atoms with Crippen LogP contribution in [-0.2, 0) is 4.79 Å². The molecule has 0 aliphatic carbocycles. The zero-order valence-electron chi connectivity index (χ0n) is 10.9. The van der Waals surface area contributed by atoms with E-state index in [-0.39, 0.29) is 16.9 Å². The van der Waals surface area contributed by atoms with Crippen LogP contribution in [0.1, 0.15) is 25.5 Å². The van der Waals surface area contributed by atoms with Crippen LogP contribution in [-0.4, -0.2) is 39.9 Å². The van der Waals surface area contributed by atoms with Gasteiger partial charge in [-0.1, -0.05) is 12.2 Å². The standard InChI is InChI=1S/C13H18N4OS/c1-9(13(18)17-6-2-3-7-17)16-10-4-5-11(12(14)19)15-8-10/h4-5,8-9,16H,2-3,6-7H2,1H3,(H2,14,19). The van der Waals surface area contributed by atoms with Gasteiger partial charge in [-0.2, -0.15) is 0 Å². The Morgan fingerprint density at radius 1 is 1.47 bits per heavy atom. The van der Waals surface area contributed by atoms with E-state index in [1.807, 2.05) is 17.9 Å². The second-order valence-electron chi connectivity index (χ2n) is 4.69. The molecular weight excluding hydrogens is 260 g/mol. The summed E-state index contributed by atoms with van der Waals surface area (Å²) in [5.74, 6) is 0.135. The van der Waals surface area contributed by atoms with Gasteiger partial charge < -0.3 is 16.0 Å². The van der Waals surface area contributed by atoms with Crippen LogP contribution in [0.2, 0.25) is 0 Å². The lowest BCUT2D eigenvalue weighted by Crippen LogP contribution is -2.39. The van der Waals surface area contributed by atoms with E-state index in [2.05, 4.69) is 10.3 Å². The van der Waals surface area contributed by atoms with E-state index in [9.17, 15) is 4.79 Å². The normalized spacial score (nSPS) is 16.2. The summed E-state index contributed by atoms with van der Waals surface area (Å²) in [6.07, 6.45) is 3.84. The van der Waals surface area contributed by atoms with Crippen molar-refractivity contribution in [2.45, 2.75) is 25.8 Å². The molecule has 1 aromatic heterocycles. The van der Waals surface area contributed by atoms with Gasteiger partial charge in [-0.3, -0.25) is 9.78 Å². The molecule has 1 fully saturated rings. The van der Waals surface area contributed by atoms with Crippen molar-refractivity contribution in [3.8, 4) is 0 Å². The summed E-state index contributed by atoms with van der Waals surface area (Å²) in [7, 11) is 0. The Kier molecular flexibility index (Phi) is 4.31. The van der Waals surface area contributed by atoms with E-state index in [1.54, 1.807) is 12.3 Å². The number of hydrogen-bond acceptors (Lipinski definition) is 4. The molecule has 1 aromatic rings. The molecule has 5 nitrogen and oxygen atoms in total. The first-order valence-electron chi connectivity index (χ1n) is 6.39. The monoisotopic (exact) mass is 278 g/mol. The molecule has 0 bridgehead atoms. The van der Waals surface area contributed by atoms with Crippen LogP contribution in [0.15, 0.2) is 18.3 Å².